The third-order valence-electron chi connectivity index (χ3n) is 6.82. The minimum absolute atomic E-state index is 0.644. The number of unbranched alkanes of at least 4 members (excludes halogenated alkanes) is 16. The Morgan fingerprint density at radius 3 is 1.17 bits per heavy atom. The van der Waals surface area contributed by atoms with Crippen LogP contribution >= 0.6 is 0 Å². The van der Waals surface area contributed by atoms with Crippen LogP contribution in [-0.2, 0) is 0 Å². The predicted molar refractivity (Wildman–Crippen MR) is 136 cm³/mol. The van der Waals surface area contributed by atoms with Crippen molar-refractivity contribution >= 4 is 0 Å². The lowest BCUT2D eigenvalue weighted by Crippen LogP contribution is -2.39. The van der Waals surface area contributed by atoms with Gasteiger partial charge in [0.2, 0.25) is 0 Å². The highest BCUT2D eigenvalue weighted by Crippen LogP contribution is 2.23. The quantitative estimate of drug-likeness (QED) is 0.161. The molecule has 1 rings (SSSR count). The molecule has 0 spiro atoms. The van der Waals surface area contributed by atoms with Crippen LogP contribution in [0.25, 0.3) is 0 Å². The van der Waals surface area contributed by atoms with Crippen molar-refractivity contribution in [3.8, 4) is 0 Å². The summed E-state index contributed by atoms with van der Waals surface area (Å²) in [6, 6.07) is 0. The zero-order valence-corrected chi connectivity index (χ0v) is 21.2. The highest BCUT2D eigenvalue weighted by Gasteiger charge is 2.24. The van der Waals surface area contributed by atoms with Crippen molar-refractivity contribution in [3.63, 3.8) is 0 Å². The molecule has 0 bridgehead atoms. The van der Waals surface area contributed by atoms with Crippen LogP contribution in [0.2, 0.25) is 0 Å². The molecule has 1 heterocycles. The molecule has 0 aromatic carbocycles. The summed E-state index contributed by atoms with van der Waals surface area (Å²) in [7, 11) is 0. The Kier molecular flexibility index (Phi) is 18.5. The van der Waals surface area contributed by atoms with E-state index in [1.54, 1.807) is 0 Å². The van der Waals surface area contributed by atoms with Gasteiger partial charge in [-0.15, -0.1) is 0 Å². The lowest BCUT2D eigenvalue weighted by Gasteiger charge is -2.33. The molecule has 2 nitrogen and oxygen atoms in total. The number of hydrogen-bond donors (Lipinski definition) is 0. The Bertz CT molecular complexity index is 379. The zero-order chi connectivity index (χ0) is 21.7. The van der Waals surface area contributed by atoms with Crippen molar-refractivity contribution in [3.05, 3.63) is 12.4 Å². The average molecular weight is 421 g/mol. The van der Waals surface area contributed by atoms with E-state index in [0.717, 1.165) is 0 Å². The molecule has 178 valence electrons. The van der Waals surface area contributed by atoms with Gasteiger partial charge in [0.25, 0.3) is 0 Å². The van der Waals surface area contributed by atoms with Crippen molar-refractivity contribution in [1.29, 1.82) is 0 Å². The van der Waals surface area contributed by atoms with E-state index in [1.165, 1.54) is 142 Å². The van der Waals surface area contributed by atoms with Crippen LogP contribution in [0.1, 0.15) is 149 Å². The van der Waals surface area contributed by atoms with Crippen molar-refractivity contribution in [1.82, 2.24) is 9.80 Å². The molecule has 1 aliphatic heterocycles. The van der Waals surface area contributed by atoms with Crippen molar-refractivity contribution < 1.29 is 0 Å². The molecule has 0 radical (unpaired) electrons. The molecule has 0 fully saturated rings. The topological polar surface area (TPSA) is 6.48 Å². The van der Waals surface area contributed by atoms with Crippen LogP contribution in [-0.4, -0.2) is 29.1 Å². The maximum absolute atomic E-state index is 2.66. The molecule has 1 aliphatic rings. The minimum atomic E-state index is 0.644. The van der Waals surface area contributed by atoms with Gasteiger partial charge in [0.15, 0.2) is 0 Å². The summed E-state index contributed by atoms with van der Waals surface area (Å²) in [5.41, 5.74) is 0. The van der Waals surface area contributed by atoms with Gasteiger partial charge in [0.1, 0.15) is 6.17 Å². The van der Waals surface area contributed by atoms with E-state index < -0.39 is 0 Å². The lowest BCUT2D eigenvalue weighted by atomic mass is 10.1. The molecule has 0 aliphatic carbocycles. The summed E-state index contributed by atoms with van der Waals surface area (Å²) in [4.78, 5) is 5.33. The first kappa shape index (κ1) is 27.4. The smallest absolute Gasteiger partial charge is 0.101 e. The highest BCUT2D eigenvalue weighted by atomic mass is 15.4. The number of rotatable bonds is 22. The Labute approximate surface area is 190 Å². The van der Waals surface area contributed by atoms with E-state index in [1.807, 2.05) is 0 Å². The summed E-state index contributed by atoms with van der Waals surface area (Å²) in [6.07, 6.45) is 33.6. The monoisotopic (exact) mass is 420 g/mol. The molecule has 0 saturated carbocycles. The lowest BCUT2D eigenvalue weighted by molar-refractivity contribution is 0.135. The van der Waals surface area contributed by atoms with Gasteiger partial charge < -0.3 is 9.80 Å². The van der Waals surface area contributed by atoms with Gasteiger partial charge in [-0.2, -0.15) is 0 Å². The zero-order valence-electron chi connectivity index (χ0n) is 21.2. The maximum Gasteiger partial charge on any atom is 0.101 e. The van der Waals surface area contributed by atoms with Crippen molar-refractivity contribution in [2.24, 2.45) is 0 Å². The fourth-order valence-corrected chi connectivity index (χ4v) is 4.77. The normalized spacial score (nSPS) is 16.2. The molecule has 0 amide bonds. The molecule has 0 aromatic heterocycles. The molecule has 1 atom stereocenters. The third kappa shape index (κ3) is 13.6. The maximum atomic E-state index is 2.66. The minimum Gasteiger partial charge on any atom is -0.356 e. The van der Waals surface area contributed by atoms with Gasteiger partial charge in [-0.3, -0.25) is 0 Å². The molecule has 1 unspecified atom stereocenters. The summed E-state index contributed by atoms with van der Waals surface area (Å²) < 4.78 is 0. The Hall–Kier alpha value is -0.660. The molecule has 0 aromatic rings. The van der Waals surface area contributed by atoms with Crippen LogP contribution in [0.4, 0.5) is 0 Å². The van der Waals surface area contributed by atoms with Crippen LogP contribution in [0.15, 0.2) is 12.4 Å². The summed E-state index contributed by atoms with van der Waals surface area (Å²) in [5.74, 6) is 0. The second-order valence-electron chi connectivity index (χ2n) is 9.70. The van der Waals surface area contributed by atoms with E-state index in [2.05, 4.69) is 43.0 Å². The summed E-state index contributed by atoms with van der Waals surface area (Å²) in [6.45, 7) is 9.45. The molecule has 2 heteroatoms. The van der Waals surface area contributed by atoms with E-state index in [9.17, 15) is 0 Å². The second-order valence-corrected chi connectivity index (χ2v) is 9.70. The fraction of sp³-hybridized carbons (Fsp3) is 0.929. The average Bonchev–Trinajstić information content (AvgIpc) is 3.13. The fourth-order valence-electron chi connectivity index (χ4n) is 4.77. The van der Waals surface area contributed by atoms with Gasteiger partial charge in [0.05, 0.1) is 0 Å². The molecule has 0 saturated heterocycles. The Morgan fingerprint density at radius 2 is 0.767 bits per heavy atom. The van der Waals surface area contributed by atoms with Crippen LogP contribution < -0.4 is 0 Å². The SMILES string of the molecule is CCCCCCCCCCCN1C=CN(CCCCCCCCC)C1CCCCC. The summed E-state index contributed by atoms with van der Waals surface area (Å²) in [5, 5.41) is 0. The first-order chi connectivity index (χ1) is 14.8. The molecule has 0 N–H and O–H groups in total. The Balaban J connectivity index is 2.20. The van der Waals surface area contributed by atoms with Gasteiger partial charge in [-0.25, -0.2) is 0 Å². The number of hydrogen-bond acceptors (Lipinski definition) is 2. The molecule has 30 heavy (non-hydrogen) atoms. The van der Waals surface area contributed by atoms with Crippen LogP contribution in [0.5, 0.6) is 0 Å². The first-order valence-corrected chi connectivity index (χ1v) is 14.0. The van der Waals surface area contributed by atoms with Gasteiger partial charge >= 0.3 is 0 Å². The first-order valence-electron chi connectivity index (χ1n) is 14.0. The van der Waals surface area contributed by atoms with Crippen LogP contribution in [0.3, 0.4) is 0 Å². The molecular weight excluding hydrogens is 364 g/mol. The highest BCUT2D eigenvalue weighted by molar-refractivity contribution is 4.96. The van der Waals surface area contributed by atoms with Gasteiger partial charge in [-0.1, -0.05) is 124 Å². The van der Waals surface area contributed by atoms with Crippen molar-refractivity contribution in [2.45, 2.75) is 155 Å². The van der Waals surface area contributed by atoms with Gasteiger partial charge in [-0.05, 0) is 25.7 Å². The van der Waals surface area contributed by atoms with E-state index in [4.69, 9.17) is 0 Å². The Morgan fingerprint density at radius 1 is 0.433 bits per heavy atom. The largest absolute Gasteiger partial charge is 0.356 e. The standard InChI is InChI=1S/C28H56N2/c1-4-7-10-12-14-15-17-19-22-25-30-27-26-29(28(30)23-20-9-6-3)24-21-18-16-13-11-8-5-2/h26-28H,4-25H2,1-3H3. The number of nitrogens with zero attached hydrogens (tertiary/aromatic N) is 2. The van der Waals surface area contributed by atoms with E-state index in [0.29, 0.717) is 6.17 Å². The van der Waals surface area contributed by atoms with E-state index >= 15 is 0 Å². The van der Waals surface area contributed by atoms with Gasteiger partial charge in [0, 0.05) is 25.5 Å². The third-order valence-corrected chi connectivity index (χ3v) is 6.82. The predicted octanol–water partition coefficient (Wildman–Crippen LogP) is 9.26. The second kappa shape index (κ2) is 20.3. The summed E-state index contributed by atoms with van der Waals surface area (Å²) >= 11 is 0. The van der Waals surface area contributed by atoms with Crippen LogP contribution in [0, 0.1) is 0 Å². The van der Waals surface area contributed by atoms with E-state index in [-0.39, 0.29) is 0 Å². The van der Waals surface area contributed by atoms with Crippen molar-refractivity contribution in [2.75, 3.05) is 13.1 Å². The molecular formula is C28H56N2.